The first-order valence-electron chi connectivity index (χ1n) is 12.8. The molecule has 36 heavy (non-hydrogen) atoms. The summed E-state index contributed by atoms with van der Waals surface area (Å²) in [6.45, 7) is 17.4. The van der Waals surface area contributed by atoms with Gasteiger partial charge in [0.05, 0.1) is 19.8 Å². The quantitative estimate of drug-likeness (QED) is 0.321. The van der Waals surface area contributed by atoms with Crippen LogP contribution >= 0.6 is 11.6 Å². The van der Waals surface area contributed by atoms with Gasteiger partial charge in [-0.2, -0.15) is 0 Å². The van der Waals surface area contributed by atoms with E-state index in [0.717, 1.165) is 49.2 Å². The molecule has 3 rings (SSSR count). The number of esters is 1. The molecule has 0 spiro atoms. The van der Waals surface area contributed by atoms with Crippen molar-refractivity contribution in [2.45, 2.75) is 60.1 Å². The Morgan fingerprint density at radius 2 is 1.86 bits per heavy atom. The smallest absolute Gasteiger partial charge is 0.349 e. The van der Waals surface area contributed by atoms with Gasteiger partial charge in [-0.3, -0.25) is 4.90 Å². The van der Waals surface area contributed by atoms with E-state index in [1.807, 2.05) is 13.0 Å². The predicted molar refractivity (Wildman–Crippen MR) is 141 cm³/mol. The zero-order valence-corrected chi connectivity index (χ0v) is 23.1. The van der Waals surface area contributed by atoms with Crippen LogP contribution in [0, 0.1) is 6.92 Å². The van der Waals surface area contributed by atoms with Crippen LogP contribution in [0.5, 0.6) is 5.75 Å². The molecule has 1 aromatic carbocycles. The number of carbonyl (C=O) groups is 1. The number of likely N-dealkylation sites (N-methyl/N-ethyl adjacent to an activating group) is 1. The molecule has 1 saturated heterocycles. The van der Waals surface area contributed by atoms with Gasteiger partial charge in [0.2, 0.25) is 0 Å². The fourth-order valence-electron chi connectivity index (χ4n) is 4.44. The Kier molecular flexibility index (Phi) is 9.80. The Hall–Kier alpha value is -2.13. The van der Waals surface area contributed by atoms with E-state index in [1.54, 1.807) is 20.8 Å². The molecule has 0 bridgehead atoms. The largest absolute Gasteiger partial charge is 0.474 e. The summed E-state index contributed by atoms with van der Waals surface area (Å²) in [5.74, 6) is -0.171. The summed E-state index contributed by atoms with van der Waals surface area (Å²) < 4.78 is 22.7. The monoisotopic (exact) mass is 522 g/mol. The third-order valence-corrected chi connectivity index (χ3v) is 7.09. The summed E-state index contributed by atoms with van der Waals surface area (Å²) in [7, 11) is 0. The number of halogens is 1. The lowest BCUT2D eigenvalue weighted by Crippen LogP contribution is -2.40. The maximum atomic E-state index is 13.0. The lowest BCUT2D eigenvalue weighted by Gasteiger charge is -2.30. The number of benzene rings is 1. The summed E-state index contributed by atoms with van der Waals surface area (Å²) in [4.78, 5) is 30.1. The molecule has 0 radical (unpaired) electrons. The van der Waals surface area contributed by atoms with E-state index in [1.165, 1.54) is 0 Å². The molecule has 0 atom stereocenters. The van der Waals surface area contributed by atoms with Crippen molar-refractivity contribution in [3.63, 3.8) is 0 Å². The minimum absolute atomic E-state index is 0.184. The van der Waals surface area contributed by atoms with Crippen molar-refractivity contribution < 1.29 is 23.4 Å². The average molecular weight is 523 g/mol. The van der Waals surface area contributed by atoms with Gasteiger partial charge in [0.1, 0.15) is 10.8 Å². The van der Waals surface area contributed by atoms with Gasteiger partial charge in [-0.15, -0.1) is 0 Å². The predicted octanol–water partition coefficient (Wildman–Crippen LogP) is 4.19. The minimum Gasteiger partial charge on any atom is -0.474 e. The topological polar surface area (TPSA) is 81.5 Å². The molecule has 1 aliphatic heterocycles. The highest BCUT2D eigenvalue weighted by molar-refractivity contribution is 6.36. The van der Waals surface area contributed by atoms with Gasteiger partial charge in [-0.1, -0.05) is 25.4 Å². The first-order chi connectivity index (χ1) is 17.1. The standard InChI is InChI=1S/C27H39ClN2O6/c1-7-29(8-2)11-10-20-18(4)21-16-19(17-30-12-14-33-15-13-30)23(22(28)24(21)35-25(20)31)36-27(5,6)26(32)34-9-3/h16H,7-15,17H2,1-6H3. The van der Waals surface area contributed by atoms with Crippen LogP contribution in [-0.4, -0.2) is 73.9 Å². The molecule has 0 aliphatic carbocycles. The molecule has 1 aliphatic rings. The molecule has 9 heteroatoms. The van der Waals surface area contributed by atoms with Crippen LogP contribution in [0.3, 0.4) is 0 Å². The Balaban J connectivity index is 2.11. The Morgan fingerprint density at radius 1 is 1.19 bits per heavy atom. The lowest BCUT2D eigenvalue weighted by molar-refractivity contribution is -0.158. The molecule has 2 aromatic rings. The minimum atomic E-state index is -1.29. The van der Waals surface area contributed by atoms with E-state index in [-0.39, 0.29) is 17.2 Å². The van der Waals surface area contributed by atoms with Gasteiger partial charge in [0.25, 0.3) is 0 Å². The second-order valence-electron chi connectivity index (χ2n) is 9.55. The van der Waals surface area contributed by atoms with Crippen molar-refractivity contribution in [2.75, 3.05) is 52.5 Å². The van der Waals surface area contributed by atoms with Crippen LogP contribution < -0.4 is 10.4 Å². The molecule has 0 unspecified atom stereocenters. The molecule has 0 saturated carbocycles. The van der Waals surface area contributed by atoms with E-state index in [0.29, 0.717) is 37.5 Å². The number of rotatable bonds is 11. The third kappa shape index (κ3) is 6.40. The first-order valence-corrected chi connectivity index (χ1v) is 13.2. The zero-order valence-electron chi connectivity index (χ0n) is 22.4. The Morgan fingerprint density at radius 3 is 2.47 bits per heavy atom. The maximum Gasteiger partial charge on any atom is 0.349 e. The van der Waals surface area contributed by atoms with Crippen molar-refractivity contribution >= 4 is 28.5 Å². The van der Waals surface area contributed by atoms with Gasteiger partial charge in [-0.25, -0.2) is 9.59 Å². The number of hydrogen-bond donors (Lipinski definition) is 0. The Labute approximate surface area is 218 Å². The van der Waals surface area contributed by atoms with Crippen LogP contribution in [0.25, 0.3) is 11.0 Å². The van der Waals surface area contributed by atoms with Crippen molar-refractivity contribution in [3.05, 3.63) is 38.2 Å². The number of ether oxygens (including phenoxy) is 3. The summed E-state index contributed by atoms with van der Waals surface area (Å²) in [6.07, 6.45) is 0.594. The fraction of sp³-hybridized carbons (Fsp3) is 0.630. The molecular formula is C27H39ClN2O6. The van der Waals surface area contributed by atoms with Crippen molar-refractivity contribution in [1.82, 2.24) is 9.80 Å². The number of hydrogen-bond acceptors (Lipinski definition) is 8. The highest BCUT2D eigenvalue weighted by Gasteiger charge is 2.34. The van der Waals surface area contributed by atoms with Crippen molar-refractivity contribution in [1.29, 1.82) is 0 Å². The average Bonchev–Trinajstić information content (AvgIpc) is 2.85. The number of morpholine rings is 1. The first kappa shape index (κ1) is 28.4. The fourth-order valence-corrected chi connectivity index (χ4v) is 4.75. The van der Waals surface area contributed by atoms with Crippen LogP contribution in [0.4, 0.5) is 0 Å². The summed E-state index contributed by atoms with van der Waals surface area (Å²) in [6, 6.07) is 1.98. The van der Waals surface area contributed by atoms with Crippen LogP contribution in [-0.2, 0) is 27.2 Å². The van der Waals surface area contributed by atoms with E-state index >= 15 is 0 Å². The SMILES string of the molecule is CCOC(=O)C(C)(C)Oc1c(CN2CCOCC2)cc2c(C)c(CCN(CC)CC)c(=O)oc2c1Cl. The Bertz CT molecular complexity index is 1120. The lowest BCUT2D eigenvalue weighted by atomic mass is 10.00. The molecule has 1 fully saturated rings. The molecule has 0 N–H and O–H groups in total. The van der Waals surface area contributed by atoms with E-state index < -0.39 is 17.2 Å². The van der Waals surface area contributed by atoms with Gasteiger partial charge < -0.3 is 23.5 Å². The van der Waals surface area contributed by atoms with Gasteiger partial charge >= 0.3 is 11.6 Å². The number of aryl methyl sites for hydroxylation is 1. The molecular weight excluding hydrogens is 484 g/mol. The highest BCUT2D eigenvalue weighted by atomic mass is 35.5. The van der Waals surface area contributed by atoms with Crippen molar-refractivity contribution in [3.8, 4) is 5.75 Å². The molecule has 1 aromatic heterocycles. The van der Waals surface area contributed by atoms with E-state index in [4.69, 9.17) is 30.2 Å². The van der Waals surface area contributed by atoms with Crippen molar-refractivity contribution in [2.24, 2.45) is 0 Å². The molecule has 0 amide bonds. The number of nitrogens with zero attached hydrogens (tertiary/aromatic N) is 2. The van der Waals surface area contributed by atoms with Crippen LogP contribution in [0.1, 0.15) is 51.3 Å². The third-order valence-electron chi connectivity index (χ3n) is 6.75. The second-order valence-corrected chi connectivity index (χ2v) is 9.92. The van der Waals surface area contributed by atoms with Gasteiger partial charge in [0, 0.05) is 42.7 Å². The molecule has 8 nitrogen and oxygen atoms in total. The highest BCUT2D eigenvalue weighted by Crippen LogP contribution is 2.40. The maximum absolute atomic E-state index is 13.0. The van der Waals surface area contributed by atoms with Crippen LogP contribution in [0.2, 0.25) is 5.02 Å². The number of fused-ring (bicyclic) bond motifs is 1. The summed E-state index contributed by atoms with van der Waals surface area (Å²) in [5.41, 5.74) is 0.916. The van der Waals surface area contributed by atoms with Crippen LogP contribution in [0.15, 0.2) is 15.3 Å². The molecule has 200 valence electrons. The normalized spacial score (nSPS) is 15.0. The van der Waals surface area contributed by atoms with E-state index in [9.17, 15) is 9.59 Å². The van der Waals surface area contributed by atoms with Gasteiger partial charge in [-0.05, 0) is 58.8 Å². The molecule has 2 heterocycles. The van der Waals surface area contributed by atoms with Gasteiger partial charge in [0.15, 0.2) is 11.2 Å². The zero-order chi connectivity index (χ0) is 26.5. The summed E-state index contributed by atoms with van der Waals surface area (Å²) >= 11 is 6.86. The number of carbonyl (C=O) groups excluding carboxylic acids is 1. The summed E-state index contributed by atoms with van der Waals surface area (Å²) in [5, 5.41) is 0.960. The van der Waals surface area contributed by atoms with E-state index in [2.05, 4.69) is 23.6 Å². The second kappa shape index (κ2) is 12.4.